The van der Waals surface area contributed by atoms with E-state index in [9.17, 15) is 4.79 Å². The number of thiazole rings is 1. The number of carbonyl (C=O) groups excluding carboxylic acids is 1. The molecule has 1 aromatic rings. The van der Waals surface area contributed by atoms with Crippen molar-refractivity contribution in [2.24, 2.45) is 5.92 Å². The molecule has 1 unspecified atom stereocenters. The van der Waals surface area contributed by atoms with Crippen LogP contribution in [0.15, 0.2) is 10.9 Å². The second-order valence-corrected chi connectivity index (χ2v) is 4.93. The molecule has 1 atom stereocenters. The number of rotatable bonds is 6. The van der Waals surface area contributed by atoms with Crippen molar-refractivity contribution in [2.75, 3.05) is 13.1 Å². The lowest BCUT2D eigenvalue weighted by atomic mass is 10.2. The predicted octanol–water partition coefficient (Wildman–Crippen LogP) is 1.57. The summed E-state index contributed by atoms with van der Waals surface area (Å²) in [7, 11) is 0. The van der Waals surface area contributed by atoms with Gasteiger partial charge in [0.15, 0.2) is 0 Å². The van der Waals surface area contributed by atoms with E-state index in [1.165, 1.54) is 0 Å². The van der Waals surface area contributed by atoms with Crippen LogP contribution >= 0.6 is 11.3 Å². The zero-order chi connectivity index (χ0) is 12.0. The summed E-state index contributed by atoms with van der Waals surface area (Å²) in [5.74, 6) is 0.524. The van der Waals surface area contributed by atoms with Crippen LogP contribution in [-0.2, 0) is 4.79 Å². The molecule has 0 aliphatic carbocycles. The highest BCUT2D eigenvalue weighted by atomic mass is 32.1. The van der Waals surface area contributed by atoms with Crippen LogP contribution in [0.25, 0.3) is 0 Å². The number of nitrogens with one attached hydrogen (secondary N) is 2. The van der Waals surface area contributed by atoms with Crippen molar-refractivity contribution in [3.63, 3.8) is 0 Å². The number of aromatic nitrogens is 1. The van der Waals surface area contributed by atoms with Gasteiger partial charge in [0.1, 0.15) is 0 Å². The van der Waals surface area contributed by atoms with Gasteiger partial charge in [-0.25, -0.2) is 4.98 Å². The second-order valence-electron chi connectivity index (χ2n) is 4.21. The monoisotopic (exact) mass is 241 g/mol. The Labute approximate surface area is 100 Å². The molecule has 0 fully saturated rings. The first-order valence-electron chi connectivity index (χ1n) is 5.47. The maximum absolute atomic E-state index is 11.4. The van der Waals surface area contributed by atoms with Gasteiger partial charge in [0.05, 0.1) is 17.7 Å². The lowest BCUT2D eigenvalue weighted by Crippen LogP contribution is -2.36. The topological polar surface area (TPSA) is 54.0 Å². The van der Waals surface area contributed by atoms with E-state index >= 15 is 0 Å². The van der Waals surface area contributed by atoms with Crippen LogP contribution in [0, 0.1) is 5.92 Å². The van der Waals surface area contributed by atoms with Crippen LogP contribution in [0.5, 0.6) is 0 Å². The number of hydrogen-bond donors (Lipinski definition) is 2. The third kappa shape index (κ3) is 4.72. The highest BCUT2D eigenvalue weighted by molar-refractivity contribution is 7.07. The largest absolute Gasteiger partial charge is 0.355 e. The molecule has 1 rings (SSSR count). The van der Waals surface area contributed by atoms with Crippen molar-refractivity contribution in [3.05, 3.63) is 16.6 Å². The first kappa shape index (κ1) is 13.1. The fourth-order valence-electron chi connectivity index (χ4n) is 1.17. The molecule has 0 spiro atoms. The van der Waals surface area contributed by atoms with Gasteiger partial charge in [0, 0.05) is 18.0 Å². The van der Waals surface area contributed by atoms with Gasteiger partial charge in [-0.2, -0.15) is 0 Å². The van der Waals surface area contributed by atoms with E-state index in [4.69, 9.17) is 0 Å². The lowest BCUT2D eigenvalue weighted by molar-refractivity contribution is -0.120. The molecule has 0 saturated carbocycles. The first-order chi connectivity index (χ1) is 7.59. The van der Waals surface area contributed by atoms with Crippen LogP contribution < -0.4 is 10.6 Å². The van der Waals surface area contributed by atoms with Gasteiger partial charge in [0.2, 0.25) is 5.91 Å². The molecule has 0 radical (unpaired) electrons. The molecule has 0 aliphatic rings. The van der Waals surface area contributed by atoms with E-state index < -0.39 is 0 Å². The summed E-state index contributed by atoms with van der Waals surface area (Å²) in [5.41, 5.74) is 2.79. The normalized spacial score (nSPS) is 12.8. The molecular formula is C11H19N3OS. The summed E-state index contributed by atoms with van der Waals surface area (Å²) in [4.78, 5) is 15.6. The average Bonchev–Trinajstić information content (AvgIpc) is 2.76. The number of carbonyl (C=O) groups is 1. The Morgan fingerprint density at radius 1 is 1.50 bits per heavy atom. The van der Waals surface area contributed by atoms with E-state index in [-0.39, 0.29) is 11.9 Å². The fraction of sp³-hybridized carbons (Fsp3) is 0.636. The van der Waals surface area contributed by atoms with E-state index in [1.54, 1.807) is 16.8 Å². The van der Waals surface area contributed by atoms with Crippen molar-refractivity contribution >= 4 is 17.2 Å². The minimum atomic E-state index is 0.0378. The van der Waals surface area contributed by atoms with E-state index in [0.29, 0.717) is 12.5 Å². The Kier molecular flexibility index (Phi) is 5.42. The first-order valence-corrected chi connectivity index (χ1v) is 6.42. The van der Waals surface area contributed by atoms with Gasteiger partial charge in [-0.15, -0.1) is 11.3 Å². The SMILES string of the molecule is CC(C)CNC(=O)CNC(C)c1cscn1. The van der Waals surface area contributed by atoms with Crippen LogP contribution in [-0.4, -0.2) is 24.0 Å². The molecule has 1 aromatic heterocycles. The van der Waals surface area contributed by atoms with Gasteiger partial charge in [-0.1, -0.05) is 13.8 Å². The van der Waals surface area contributed by atoms with Crippen LogP contribution in [0.4, 0.5) is 0 Å². The van der Waals surface area contributed by atoms with Gasteiger partial charge in [-0.05, 0) is 12.8 Å². The Morgan fingerprint density at radius 2 is 2.25 bits per heavy atom. The van der Waals surface area contributed by atoms with Crippen LogP contribution in [0.3, 0.4) is 0 Å². The lowest BCUT2D eigenvalue weighted by Gasteiger charge is -2.12. The fourth-order valence-corrected chi connectivity index (χ4v) is 1.81. The van der Waals surface area contributed by atoms with Gasteiger partial charge < -0.3 is 10.6 Å². The van der Waals surface area contributed by atoms with Crippen LogP contribution in [0.2, 0.25) is 0 Å². The zero-order valence-corrected chi connectivity index (χ0v) is 10.8. The Bertz CT molecular complexity index is 311. The average molecular weight is 241 g/mol. The molecule has 90 valence electrons. The van der Waals surface area contributed by atoms with Crippen molar-refractivity contribution in [2.45, 2.75) is 26.8 Å². The quantitative estimate of drug-likeness (QED) is 0.795. The van der Waals surface area contributed by atoms with Crippen molar-refractivity contribution < 1.29 is 4.79 Å². The summed E-state index contributed by atoms with van der Waals surface area (Å²) < 4.78 is 0. The third-order valence-corrected chi connectivity index (χ3v) is 2.78. The second kappa shape index (κ2) is 6.60. The molecule has 0 saturated heterocycles. The molecule has 1 amide bonds. The maximum atomic E-state index is 11.4. The molecule has 16 heavy (non-hydrogen) atoms. The molecular weight excluding hydrogens is 222 g/mol. The molecule has 2 N–H and O–H groups in total. The molecule has 0 aliphatic heterocycles. The minimum absolute atomic E-state index is 0.0378. The Balaban J connectivity index is 2.21. The summed E-state index contributed by atoms with van der Waals surface area (Å²) in [6, 6.07) is 0.121. The van der Waals surface area contributed by atoms with Crippen LogP contribution in [0.1, 0.15) is 32.5 Å². The van der Waals surface area contributed by atoms with Crippen molar-refractivity contribution in [3.8, 4) is 0 Å². The third-order valence-electron chi connectivity index (χ3n) is 2.17. The standard InChI is InChI=1S/C11H19N3OS/c1-8(2)4-13-11(15)5-12-9(3)10-6-16-7-14-10/h6-9,12H,4-5H2,1-3H3,(H,13,15). The molecule has 4 nitrogen and oxygen atoms in total. The number of nitrogens with zero attached hydrogens (tertiary/aromatic N) is 1. The molecule has 5 heteroatoms. The van der Waals surface area contributed by atoms with E-state index in [2.05, 4.69) is 29.5 Å². The van der Waals surface area contributed by atoms with E-state index in [0.717, 1.165) is 12.2 Å². The predicted molar refractivity (Wildman–Crippen MR) is 66.4 cm³/mol. The highest BCUT2D eigenvalue weighted by Gasteiger charge is 2.08. The molecule has 0 aromatic carbocycles. The zero-order valence-electron chi connectivity index (χ0n) is 9.99. The Morgan fingerprint density at radius 3 is 2.81 bits per heavy atom. The Hall–Kier alpha value is -0.940. The summed E-state index contributed by atoms with van der Waals surface area (Å²) in [6.45, 7) is 7.22. The summed E-state index contributed by atoms with van der Waals surface area (Å²) >= 11 is 1.56. The number of hydrogen-bond acceptors (Lipinski definition) is 4. The van der Waals surface area contributed by atoms with Gasteiger partial charge in [-0.3, -0.25) is 4.79 Å². The van der Waals surface area contributed by atoms with Crippen molar-refractivity contribution in [1.82, 2.24) is 15.6 Å². The minimum Gasteiger partial charge on any atom is -0.355 e. The van der Waals surface area contributed by atoms with Gasteiger partial charge in [0.25, 0.3) is 0 Å². The highest BCUT2D eigenvalue weighted by Crippen LogP contribution is 2.10. The molecule has 1 heterocycles. The van der Waals surface area contributed by atoms with E-state index in [1.807, 2.05) is 12.3 Å². The summed E-state index contributed by atoms with van der Waals surface area (Å²) in [5, 5.41) is 7.99. The summed E-state index contributed by atoms with van der Waals surface area (Å²) in [6.07, 6.45) is 0. The molecule has 0 bridgehead atoms. The van der Waals surface area contributed by atoms with Crippen molar-refractivity contribution in [1.29, 1.82) is 0 Å². The number of amides is 1. The smallest absolute Gasteiger partial charge is 0.233 e. The van der Waals surface area contributed by atoms with Gasteiger partial charge >= 0.3 is 0 Å². The maximum Gasteiger partial charge on any atom is 0.233 e.